The van der Waals surface area contributed by atoms with Gasteiger partial charge >= 0.3 is 111 Å². The monoisotopic (exact) mass is 794 g/mol. The van der Waals surface area contributed by atoms with Crippen LogP contribution >= 0.6 is 17.0 Å². The summed E-state index contributed by atoms with van der Waals surface area (Å²) < 4.78 is 1.15. The number of hydrogen-bond donors (Lipinski definition) is 0. The Balaban J connectivity index is 0.000000136. The maximum Gasteiger partial charge on any atom is -0.0623 e. The molecule has 0 aliphatic rings. The van der Waals surface area contributed by atoms with Crippen LogP contribution in [0.4, 0.5) is 0 Å². The summed E-state index contributed by atoms with van der Waals surface area (Å²) in [4.78, 5) is 0. The molecule has 0 saturated carbocycles. The number of hydrogen-bond acceptors (Lipinski definition) is 0. The second-order valence-corrected chi connectivity index (χ2v) is 23.4. The van der Waals surface area contributed by atoms with Gasteiger partial charge in [-0.25, -0.2) is 0 Å². The van der Waals surface area contributed by atoms with Gasteiger partial charge in [0.25, 0.3) is 0 Å². The summed E-state index contributed by atoms with van der Waals surface area (Å²) >= 11 is -2.44. The van der Waals surface area contributed by atoms with Crippen LogP contribution in [0.15, 0.2) is 170 Å². The van der Waals surface area contributed by atoms with Crippen LogP contribution in [0.25, 0.3) is 43.4 Å². The Hall–Kier alpha value is -3.87. The van der Waals surface area contributed by atoms with Crippen LogP contribution in [-0.4, -0.2) is 3.21 Å². The Kier molecular flexibility index (Phi) is 12.0. The minimum absolute atomic E-state index is 0.203. The zero-order valence-electron chi connectivity index (χ0n) is 30.9. The normalized spacial score (nSPS) is 11.5. The van der Waals surface area contributed by atoms with E-state index in [-0.39, 0.29) is 10.8 Å². The van der Waals surface area contributed by atoms with Gasteiger partial charge in [0.2, 0.25) is 0 Å². The third-order valence-electron chi connectivity index (χ3n) is 9.52. The topological polar surface area (TPSA) is 0 Å². The van der Waals surface area contributed by atoms with Crippen LogP contribution in [0.5, 0.6) is 0 Å². The van der Waals surface area contributed by atoms with E-state index in [0.717, 1.165) is 14.3 Å². The molecule has 0 bridgehead atoms. The molecule has 0 aliphatic carbocycles. The van der Waals surface area contributed by atoms with E-state index < -0.39 is 18.9 Å². The van der Waals surface area contributed by atoms with E-state index in [4.69, 9.17) is 17.0 Å². The molecule has 0 unspecified atom stereocenters. The molecule has 0 N–H and O–H groups in total. The van der Waals surface area contributed by atoms with Crippen molar-refractivity contribution in [1.82, 2.24) is 0 Å². The minimum Gasteiger partial charge on any atom is -0.150 e. The molecule has 0 nitrogen and oxygen atoms in total. The van der Waals surface area contributed by atoms with Crippen molar-refractivity contribution >= 4 is 52.5 Å². The second-order valence-electron chi connectivity index (χ2n) is 15.3. The third kappa shape index (κ3) is 9.01. The average molecular weight is 797 g/mol. The number of fused-ring (bicyclic) bond motifs is 4. The predicted octanol–water partition coefficient (Wildman–Crippen LogP) is 14.7. The van der Waals surface area contributed by atoms with Crippen molar-refractivity contribution in [2.75, 3.05) is 0 Å². The molecule has 0 fully saturated rings. The smallest absolute Gasteiger partial charge is 0.0623 e. The first-order valence-corrected chi connectivity index (χ1v) is 25.5. The number of rotatable bonds is 3. The van der Waals surface area contributed by atoms with Gasteiger partial charge in [0.05, 0.1) is 0 Å². The van der Waals surface area contributed by atoms with Gasteiger partial charge in [-0.05, 0) is 10.8 Å². The molecule has 3 heteroatoms. The van der Waals surface area contributed by atoms with E-state index in [1.807, 2.05) is 36.4 Å². The van der Waals surface area contributed by atoms with Crippen molar-refractivity contribution in [3.8, 4) is 11.1 Å². The van der Waals surface area contributed by atoms with Crippen LogP contribution in [-0.2, 0) is 29.7 Å². The van der Waals surface area contributed by atoms with Crippen molar-refractivity contribution in [3.05, 3.63) is 192 Å². The summed E-state index contributed by atoms with van der Waals surface area (Å²) in [6.07, 6.45) is 0. The first-order valence-electron chi connectivity index (χ1n) is 17.9. The molecular formula is C49H46Cl2Zr-2. The van der Waals surface area contributed by atoms with E-state index in [2.05, 4.69) is 175 Å². The Bertz CT molecular complexity index is 2300. The summed E-state index contributed by atoms with van der Waals surface area (Å²) in [5.74, 6) is 0. The van der Waals surface area contributed by atoms with Gasteiger partial charge < -0.3 is 0 Å². The van der Waals surface area contributed by atoms with Gasteiger partial charge in [-0.3, -0.25) is 0 Å². The summed E-state index contributed by atoms with van der Waals surface area (Å²) in [5.41, 5.74) is 8.12. The largest absolute Gasteiger partial charge is 0.150 e. The minimum atomic E-state index is -2.44. The van der Waals surface area contributed by atoms with Gasteiger partial charge in [-0.1, -0.05) is 119 Å². The molecular weight excluding hydrogens is 751 g/mol. The van der Waals surface area contributed by atoms with Crippen molar-refractivity contribution in [2.24, 2.45) is 0 Å². The standard InChI is InChI=1S/C21H25.C15H11.C13H10.2ClH.Zr/c1-20(2,3)16-7-9-18-14(12-16)11-15-13-17(21(4,5)6)8-10-19(15)18;1-2-6-12(7-3-1)15-11-10-13-8-4-5-9-14(13)15;1-3-7-12(8-4-1)11-13-9-5-2-6-10-13;;;/h7-13H,1-6H3;1-11H;1-10H;2*1H;/q2*-1;;;;+2/p-2. The van der Waals surface area contributed by atoms with E-state index in [9.17, 15) is 0 Å². The van der Waals surface area contributed by atoms with Crippen LogP contribution < -0.4 is 0 Å². The molecule has 0 heterocycles. The molecule has 0 saturated heterocycles. The Labute approximate surface area is 324 Å². The van der Waals surface area contributed by atoms with Gasteiger partial charge in [0.1, 0.15) is 0 Å². The van der Waals surface area contributed by atoms with Gasteiger partial charge in [-0.15, -0.1) is 86.4 Å². The van der Waals surface area contributed by atoms with Crippen LogP contribution in [0.3, 0.4) is 0 Å². The molecule has 262 valence electrons. The van der Waals surface area contributed by atoms with Gasteiger partial charge in [-0.2, -0.15) is 0 Å². The molecule has 0 amide bonds. The summed E-state index contributed by atoms with van der Waals surface area (Å²) in [5, 5.41) is 8.13. The van der Waals surface area contributed by atoms with Gasteiger partial charge in [0, 0.05) is 0 Å². The Morgan fingerprint density at radius 1 is 0.481 bits per heavy atom. The molecule has 0 aliphatic heterocycles. The quantitative estimate of drug-likeness (QED) is 0.156. The summed E-state index contributed by atoms with van der Waals surface area (Å²) in [6.45, 7) is 13.6. The summed E-state index contributed by atoms with van der Waals surface area (Å²) in [6, 6.07) is 59.9. The van der Waals surface area contributed by atoms with Crippen LogP contribution in [0.2, 0.25) is 0 Å². The van der Waals surface area contributed by atoms with E-state index >= 15 is 0 Å². The Morgan fingerprint density at radius 3 is 1.38 bits per heavy atom. The molecule has 52 heavy (non-hydrogen) atoms. The average Bonchev–Trinajstić information content (AvgIpc) is 3.74. The Morgan fingerprint density at radius 2 is 0.923 bits per heavy atom. The molecule has 0 spiro atoms. The SMILES string of the molecule is CC(C)(C)c1ccc2c(c1)[cH-]c1cc(C(C)(C)C)ccc12.[Cl][Zr]([Cl])=[C](c1ccccc1)c1ccccc1.c1ccc(-c2c[cH-]c3ccccc23)cc1. The summed E-state index contributed by atoms with van der Waals surface area (Å²) in [7, 11) is 12.5. The molecule has 0 aromatic heterocycles. The fraction of sp³-hybridized carbons (Fsp3) is 0.163. The predicted molar refractivity (Wildman–Crippen MR) is 227 cm³/mol. The van der Waals surface area contributed by atoms with Crippen molar-refractivity contribution in [2.45, 2.75) is 52.4 Å². The van der Waals surface area contributed by atoms with Crippen molar-refractivity contribution in [3.63, 3.8) is 0 Å². The number of benzene rings is 6. The molecule has 0 atom stereocenters. The zero-order valence-corrected chi connectivity index (χ0v) is 34.9. The molecule has 8 aromatic rings. The molecule has 8 aromatic carbocycles. The first kappa shape index (κ1) is 37.9. The maximum absolute atomic E-state index is 6.24. The zero-order chi connectivity index (χ0) is 36.9. The van der Waals surface area contributed by atoms with E-state index in [1.165, 1.54) is 54.6 Å². The number of halogens is 2. The van der Waals surface area contributed by atoms with E-state index in [1.54, 1.807) is 0 Å². The van der Waals surface area contributed by atoms with Gasteiger partial charge in [0.15, 0.2) is 0 Å². The first-order chi connectivity index (χ1) is 24.9. The maximum atomic E-state index is 6.24. The molecule has 8 rings (SSSR count). The van der Waals surface area contributed by atoms with Crippen molar-refractivity contribution < 1.29 is 18.9 Å². The third-order valence-corrected chi connectivity index (χ3v) is 14.1. The van der Waals surface area contributed by atoms with Crippen LogP contribution in [0, 0.1) is 0 Å². The fourth-order valence-corrected chi connectivity index (χ4v) is 11.0. The second kappa shape index (κ2) is 16.4. The van der Waals surface area contributed by atoms with Crippen molar-refractivity contribution in [1.29, 1.82) is 0 Å². The molecule has 0 radical (unpaired) electrons. The van der Waals surface area contributed by atoms with E-state index in [0.29, 0.717) is 0 Å². The fourth-order valence-electron chi connectivity index (χ4n) is 6.57. The van der Waals surface area contributed by atoms with Crippen LogP contribution in [0.1, 0.15) is 63.8 Å².